The number of nitrogens with one attached hydrogen (secondary N) is 2. The molecule has 0 atom stereocenters. The molecule has 4 aromatic heterocycles. The van der Waals surface area contributed by atoms with E-state index in [9.17, 15) is 0 Å². The zero-order valence-corrected chi connectivity index (χ0v) is 17.7. The number of piperidine rings is 1. The molecule has 0 aliphatic carbocycles. The highest BCUT2D eigenvalue weighted by atomic mass is 19.1. The Kier molecular flexibility index (Phi) is 4.38. The number of anilines is 1. The molecule has 2 N–H and O–H groups in total. The number of imidazole rings is 1. The molecule has 5 heterocycles. The largest absolute Gasteiger partial charge is 0.370 e. The maximum atomic E-state index is 15.7. The number of hydrogen-bond acceptors (Lipinski definition) is 5. The van der Waals surface area contributed by atoms with Gasteiger partial charge in [-0.05, 0) is 49.9 Å². The highest BCUT2D eigenvalue weighted by Gasteiger charge is 2.22. The smallest absolute Gasteiger partial charge is 0.161 e. The molecule has 0 radical (unpaired) electrons. The number of nitrogens with zero attached hydrogens (tertiary/aromatic N) is 5. The minimum atomic E-state index is -0.431. The van der Waals surface area contributed by atoms with Crippen molar-refractivity contribution in [3.63, 3.8) is 0 Å². The predicted molar refractivity (Wildman–Crippen MR) is 123 cm³/mol. The molecule has 5 aromatic rings. The molecule has 0 amide bonds. The summed E-state index contributed by atoms with van der Waals surface area (Å²) in [7, 11) is 0. The molecular formula is C24H22FN7. The van der Waals surface area contributed by atoms with Crippen LogP contribution in [0.15, 0.2) is 42.9 Å². The summed E-state index contributed by atoms with van der Waals surface area (Å²) in [5, 5.41) is 7.67. The van der Waals surface area contributed by atoms with Gasteiger partial charge in [-0.2, -0.15) is 5.10 Å². The van der Waals surface area contributed by atoms with E-state index in [1.807, 2.05) is 25.1 Å². The third kappa shape index (κ3) is 2.94. The summed E-state index contributed by atoms with van der Waals surface area (Å²) in [5.74, 6) is 0.105. The van der Waals surface area contributed by atoms with Crippen LogP contribution in [0, 0.1) is 12.7 Å². The Balaban J connectivity index is 1.51. The number of hydrogen-bond donors (Lipinski definition) is 2. The van der Waals surface area contributed by atoms with Gasteiger partial charge >= 0.3 is 0 Å². The molecule has 1 aliphatic heterocycles. The zero-order valence-electron chi connectivity index (χ0n) is 17.7. The molecule has 0 bridgehead atoms. The van der Waals surface area contributed by atoms with Gasteiger partial charge in [-0.15, -0.1) is 0 Å². The molecule has 1 saturated heterocycles. The number of H-pyrrole nitrogens is 2. The zero-order chi connectivity index (χ0) is 21.7. The molecule has 0 spiro atoms. The summed E-state index contributed by atoms with van der Waals surface area (Å²) in [5.41, 5.74) is 5.72. The van der Waals surface area contributed by atoms with Crippen LogP contribution in [0.3, 0.4) is 0 Å². The molecule has 6 rings (SSSR count). The average molecular weight is 427 g/mol. The second kappa shape index (κ2) is 7.40. The fraction of sp³-hybridized carbons (Fsp3) is 0.250. The van der Waals surface area contributed by atoms with Gasteiger partial charge in [0.1, 0.15) is 16.9 Å². The lowest BCUT2D eigenvalue weighted by atomic mass is 10.1. The fourth-order valence-corrected chi connectivity index (χ4v) is 4.57. The highest BCUT2D eigenvalue weighted by molar-refractivity contribution is 5.97. The predicted octanol–water partition coefficient (Wildman–Crippen LogP) is 5.00. The Morgan fingerprint density at radius 1 is 1.00 bits per heavy atom. The van der Waals surface area contributed by atoms with E-state index in [2.05, 4.69) is 36.1 Å². The normalized spacial score (nSPS) is 14.5. The average Bonchev–Trinajstić information content (AvgIpc) is 3.45. The number of halogens is 1. The monoisotopic (exact) mass is 427 g/mol. The van der Waals surface area contributed by atoms with Crippen molar-refractivity contribution in [2.45, 2.75) is 26.2 Å². The van der Waals surface area contributed by atoms with Crippen molar-refractivity contribution in [1.82, 2.24) is 30.1 Å². The number of benzene rings is 1. The van der Waals surface area contributed by atoms with Crippen LogP contribution in [-0.4, -0.2) is 43.2 Å². The van der Waals surface area contributed by atoms with Crippen LogP contribution < -0.4 is 4.90 Å². The molecule has 7 nitrogen and oxygen atoms in total. The molecule has 160 valence electrons. The van der Waals surface area contributed by atoms with Gasteiger partial charge in [0.15, 0.2) is 11.6 Å². The molecule has 32 heavy (non-hydrogen) atoms. The lowest BCUT2D eigenvalue weighted by Crippen LogP contribution is -2.29. The Morgan fingerprint density at radius 3 is 2.72 bits per heavy atom. The first-order valence-corrected chi connectivity index (χ1v) is 10.9. The number of para-hydroxylation sites is 1. The number of fused-ring (bicyclic) bond motifs is 2. The summed E-state index contributed by atoms with van der Waals surface area (Å²) in [4.78, 5) is 19.1. The van der Waals surface area contributed by atoms with Crippen molar-refractivity contribution in [2.75, 3.05) is 18.0 Å². The van der Waals surface area contributed by atoms with Gasteiger partial charge in [-0.25, -0.2) is 9.37 Å². The topological polar surface area (TPSA) is 86.4 Å². The Bertz CT molecular complexity index is 1450. The first kappa shape index (κ1) is 18.9. The second-order valence-corrected chi connectivity index (χ2v) is 8.28. The summed E-state index contributed by atoms with van der Waals surface area (Å²) < 4.78 is 15.7. The van der Waals surface area contributed by atoms with E-state index >= 15 is 4.39 Å². The van der Waals surface area contributed by atoms with Crippen molar-refractivity contribution in [3.8, 4) is 22.8 Å². The van der Waals surface area contributed by atoms with Crippen LogP contribution in [0.4, 0.5) is 10.1 Å². The SMILES string of the molecule is Cc1ccncc1-c1ncc2[nH]nc(-c3nc4c(N5CCCCC5)cccc4[nH]3)c2c1F. The van der Waals surface area contributed by atoms with E-state index in [1.54, 1.807) is 18.6 Å². The summed E-state index contributed by atoms with van der Waals surface area (Å²) in [6.45, 7) is 3.97. The number of aryl methyl sites for hydroxylation is 1. The van der Waals surface area contributed by atoms with Crippen LogP contribution in [0.5, 0.6) is 0 Å². The van der Waals surface area contributed by atoms with Gasteiger partial charge in [0, 0.05) is 31.0 Å². The molecule has 1 aliphatic rings. The lowest BCUT2D eigenvalue weighted by molar-refractivity contribution is 0.579. The molecular weight excluding hydrogens is 405 g/mol. The summed E-state index contributed by atoms with van der Waals surface area (Å²) >= 11 is 0. The van der Waals surface area contributed by atoms with Gasteiger partial charge in [0.25, 0.3) is 0 Å². The summed E-state index contributed by atoms with van der Waals surface area (Å²) in [6.07, 6.45) is 8.58. The highest BCUT2D eigenvalue weighted by Crippen LogP contribution is 2.35. The third-order valence-electron chi connectivity index (χ3n) is 6.25. The van der Waals surface area contributed by atoms with E-state index in [1.165, 1.54) is 19.3 Å². The Morgan fingerprint density at radius 2 is 1.88 bits per heavy atom. The number of aromatic amines is 2. The van der Waals surface area contributed by atoms with Crippen molar-refractivity contribution < 1.29 is 4.39 Å². The standard InChI is InChI=1S/C24H22FN7/c1-14-8-9-26-12-15(14)21-20(25)19-17(13-27-21)30-31-23(19)24-28-16-6-5-7-18(22(16)29-24)32-10-3-2-4-11-32/h5-9,12-13H,2-4,10-11H2,1H3,(H,28,29)(H,30,31). The maximum absolute atomic E-state index is 15.7. The van der Waals surface area contributed by atoms with Gasteiger partial charge in [-0.3, -0.25) is 15.1 Å². The first-order chi connectivity index (χ1) is 15.7. The maximum Gasteiger partial charge on any atom is 0.161 e. The van der Waals surface area contributed by atoms with Gasteiger partial charge in [0.05, 0.1) is 28.3 Å². The fourth-order valence-electron chi connectivity index (χ4n) is 4.57. The third-order valence-corrected chi connectivity index (χ3v) is 6.25. The van der Waals surface area contributed by atoms with Crippen molar-refractivity contribution in [2.24, 2.45) is 0 Å². The number of aromatic nitrogens is 6. The van der Waals surface area contributed by atoms with Crippen molar-refractivity contribution in [1.29, 1.82) is 0 Å². The summed E-state index contributed by atoms with van der Waals surface area (Å²) in [6, 6.07) is 7.98. The van der Waals surface area contributed by atoms with Crippen LogP contribution in [0.2, 0.25) is 0 Å². The minimum Gasteiger partial charge on any atom is -0.370 e. The van der Waals surface area contributed by atoms with Crippen molar-refractivity contribution >= 4 is 27.6 Å². The lowest BCUT2D eigenvalue weighted by Gasteiger charge is -2.28. The van der Waals surface area contributed by atoms with E-state index in [-0.39, 0.29) is 5.69 Å². The Labute approximate surface area is 183 Å². The van der Waals surface area contributed by atoms with Gasteiger partial charge in [-0.1, -0.05) is 6.07 Å². The van der Waals surface area contributed by atoms with E-state index < -0.39 is 5.82 Å². The quantitative estimate of drug-likeness (QED) is 0.423. The van der Waals surface area contributed by atoms with Crippen LogP contribution in [0.1, 0.15) is 24.8 Å². The van der Waals surface area contributed by atoms with Gasteiger partial charge in [0.2, 0.25) is 0 Å². The number of pyridine rings is 2. The first-order valence-electron chi connectivity index (χ1n) is 10.9. The molecule has 1 fully saturated rings. The Hall–Kier alpha value is -3.81. The number of rotatable bonds is 3. The molecule has 8 heteroatoms. The molecule has 1 aromatic carbocycles. The molecule has 0 saturated carbocycles. The van der Waals surface area contributed by atoms with Crippen LogP contribution >= 0.6 is 0 Å². The van der Waals surface area contributed by atoms with Crippen LogP contribution in [0.25, 0.3) is 44.7 Å². The second-order valence-electron chi connectivity index (χ2n) is 8.28. The van der Waals surface area contributed by atoms with Gasteiger partial charge < -0.3 is 9.88 Å². The van der Waals surface area contributed by atoms with Crippen molar-refractivity contribution in [3.05, 3.63) is 54.2 Å². The van der Waals surface area contributed by atoms with Crippen LogP contribution in [-0.2, 0) is 0 Å². The molecule has 0 unspecified atom stereocenters. The van der Waals surface area contributed by atoms with E-state index in [4.69, 9.17) is 4.98 Å². The van der Waals surface area contributed by atoms with E-state index in [0.29, 0.717) is 28.0 Å². The van der Waals surface area contributed by atoms with E-state index in [0.717, 1.165) is 35.4 Å². The minimum absolute atomic E-state index is 0.260.